The van der Waals surface area contributed by atoms with Crippen LogP contribution in [0.15, 0.2) is 0 Å². The zero-order chi connectivity index (χ0) is 10.3. The molecule has 0 amide bonds. The number of ether oxygens (including phenoxy) is 2. The van der Waals surface area contributed by atoms with E-state index in [1.54, 1.807) is 21.0 Å². The van der Waals surface area contributed by atoms with E-state index in [0.29, 0.717) is 17.3 Å². The molecule has 0 fully saturated rings. The van der Waals surface area contributed by atoms with E-state index in [-0.39, 0.29) is 5.95 Å². The van der Waals surface area contributed by atoms with Crippen molar-refractivity contribution < 1.29 is 9.47 Å². The van der Waals surface area contributed by atoms with Crippen molar-refractivity contribution in [2.45, 2.75) is 19.8 Å². The lowest BCUT2D eigenvalue weighted by Gasteiger charge is -2.21. The predicted octanol–water partition coefficient (Wildman–Crippen LogP) is 0.492. The van der Waals surface area contributed by atoms with E-state index in [4.69, 9.17) is 15.2 Å². The topological polar surface area (TPSA) is 82.3 Å². The van der Waals surface area contributed by atoms with Gasteiger partial charge < -0.3 is 20.5 Å². The predicted molar refractivity (Wildman–Crippen MR) is 50.8 cm³/mol. The molecular weight excluding hydrogens is 184 g/mol. The van der Waals surface area contributed by atoms with Crippen LogP contribution in [0.2, 0.25) is 0 Å². The average Bonchev–Trinajstić information content (AvgIpc) is 2.43. The molecule has 0 aromatic carbocycles. The van der Waals surface area contributed by atoms with Crippen LogP contribution in [0.1, 0.15) is 12.6 Å². The van der Waals surface area contributed by atoms with Crippen LogP contribution in [0.5, 0.6) is 5.75 Å². The monoisotopic (exact) mass is 196 g/mol. The van der Waals surface area contributed by atoms with Crippen LogP contribution in [-0.4, -0.2) is 23.0 Å². The van der Waals surface area contributed by atoms with Gasteiger partial charge in [0.2, 0.25) is 5.95 Å². The van der Waals surface area contributed by atoms with Crippen LogP contribution < -0.4 is 15.8 Å². The molecule has 76 valence electrons. The quantitative estimate of drug-likeness (QED) is 0.680. The minimum absolute atomic E-state index is 0.220. The summed E-state index contributed by atoms with van der Waals surface area (Å²) in [6.45, 7) is 3.56. The second kappa shape index (κ2) is 2.71. The van der Waals surface area contributed by atoms with Gasteiger partial charge >= 0.3 is 0 Å². The maximum atomic E-state index is 5.52. The Morgan fingerprint density at radius 1 is 1.50 bits per heavy atom. The normalized spacial score (nSPS) is 23.9. The highest BCUT2D eigenvalue weighted by Crippen LogP contribution is 2.37. The molecule has 1 unspecified atom stereocenters. The minimum atomic E-state index is -0.879. The first-order valence-corrected chi connectivity index (χ1v) is 4.20. The van der Waals surface area contributed by atoms with Gasteiger partial charge in [-0.3, -0.25) is 0 Å². The Kier molecular flexibility index (Phi) is 1.75. The van der Waals surface area contributed by atoms with Crippen LogP contribution in [-0.2, 0) is 4.74 Å². The highest BCUT2D eigenvalue weighted by Gasteiger charge is 2.36. The number of aromatic nitrogens is 2. The van der Waals surface area contributed by atoms with Gasteiger partial charge in [0.25, 0.3) is 5.91 Å². The van der Waals surface area contributed by atoms with Crippen molar-refractivity contribution >= 4 is 11.8 Å². The maximum absolute atomic E-state index is 5.52. The summed E-state index contributed by atoms with van der Waals surface area (Å²) in [4.78, 5) is 8.00. The third kappa shape index (κ3) is 1.24. The number of anilines is 2. The first-order valence-electron chi connectivity index (χ1n) is 4.20. The number of nitrogens with two attached hydrogens (primary N) is 1. The highest BCUT2D eigenvalue weighted by atomic mass is 16.7. The van der Waals surface area contributed by atoms with Crippen LogP contribution in [0.4, 0.5) is 11.8 Å². The van der Waals surface area contributed by atoms with Crippen molar-refractivity contribution in [2.24, 2.45) is 0 Å². The molecular formula is C8H12N4O2. The third-order valence-electron chi connectivity index (χ3n) is 2.08. The van der Waals surface area contributed by atoms with Crippen molar-refractivity contribution in [3.8, 4) is 5.75 Å². The number of aryl methyl sites for hydroxylation is 1. The van der Waals surface area contributed by atoms with Crippen molar-refractivity contribution in [1.29, 1.82) is 0 Å². The summed E-state index contributed by atoms with van der Waals surface area (Å²) < 4.78 is 10.6. The number of hydrogen-bond acceptors (Lipinski definition) is 6. The molecule has 0 spiro atoms. The summed E-state index contributed by atoms with van der Waals surface area (Å²) >= 11 is 0. The smallest absolute Gasteiger partial charge is 0.290 e. The maximum Gasteiger partial charge on any atom is 0.290 e. The molecule has 6 nitrogen and oxygen atoms in total. The van der Waals surface area contributed by atoms with Gasteiger partial charge in [-0.2, -0.15) is 4.98 Å². The lowest BCUT2D eigenvalue weighted by Crippen LogP contribution is -2.38. The number of nitrogens with one attached hydrogen (secondary N) is 1. The summed E-state index contributed by atoms with van der Waals surface area (Å²) in [6, 6.07) is 0. The number of nitrogens with zero attached hydrogens (tertiary/aromatic N) is 2. The Labute approximate surface area is 81.4 Å². The van der Waals surface area contributed by atoms with E-state index in [2.05, 4.69) is 15.3 Å². The van der Waals surface area contributed by atoms with Gasteiger partial charge in [0.1, 0.15) is 0 Å². The molecule has 0 bridgehead atoms. The molecule has 0 saturated carbocycles. The van der Waals surface area contributed by atoms with Crippen molar-refractivity contribution in [2.75, 3.05) is 18.2 Å². The summed E-state index contributed by atoms with van der Waals surface area (Å²) in [6.07, 6.45) is 0. The fourth-order valence-electron chi connectivity index (χ4n) is 1.32. The van der Waals surface area contributed by atoms with Crippen LogP contribution in [0.3, 0.4) is 0 Å². The van der Waals surface area contributed by atoms with Gasteiger partial charge in [-0.1, -0.05) is 0 Å². The molecule has 1 aliphatic heterocycles. The zero-order valence-electron chi connectivity index (χ0n) is 8.29. The molecule has 0 radical (unpaired) electrons. The van der Waals surface area contributed by atoms with Gasteiger partial charge in [0.05, 0.1) is 5.69 Å². The van der Waals surface area contributed by atoms with E-state index in [1.807, 2.05) is 0 Å². The molecule has 0 aliphatic carbocycles. The molecule has 1 aromatic heterocycles. The highest BCUT2D eigenvalue weighted by molar-refractivity contribution is 5.59. The molecule has 1 aliphatic rings. The third-order valence-corrected chi connectivity index (χ3v) is 2.08. The standard InChI is InChI=1S/C8H12N4O2/c1-4-5-6(11-7(9)10-4)12-8(2,13-3)14-5/h1-3H3,(H3,9,10,11,12). The Morgan fingerprint density at radius 2 is 2.21 bits per heavy atom. The van der Waals surface area contributed by atoms with Gasteiger partial charge in [-0.15, -0.1) is 0 Å². The molecule has 2 rings (SSSR count). The van der Waals surface area contributed by atoms with Crippen LogP contribution in [0, 0.1) is 6.92 Å². The fraction of sp³-hybridized carbons (Fsp3) is 0.500. The number of methoxy groups -OCH3 is 1. The number of hydrogen-bond donors (Lipinski definition) is 2. The molecule has 0 saturated heterocycles. The Morgan fingerprint density at radius 3 is 2.86 bits per heavy atom. The Balaban J connectivity index is 2.44. The molecule has 14 heavy (non-hydrogen) atoms. The van der Waals surface area contributed by atoms with Gasteiger partial charge in [0.15, 0.2) is 11.6 Å². The van der Waals surface area contributed by atoms with Crippen molar-refractivity contribution in [3.05, 3.63) is 5.69 Å². The van der Waals surface area contributed by atoms with Gasteiger partial charge in [0, 0.05) is 14.0 Å². The lowest BCUT2D eigenvalue weighted by molar-refractivity contribution is -0.115. The van der Waals surface area contributed by atoms with Crippen molar-refractivity contribution in [1.82, 2.24) is 9.97 Å². The van der Waals surface area contributed by atoms with Gasteiger partial charge in [-0.25, -0.2) is 4.98 Å². The minimum Gasteiger partial charge on any atom is -0.439 e. The lowest BCUT2D eigenvalue weighted by atomic mass is 10.4. The van der Waals surface area contributed by atoms with E-state index < -0.39 is 5.91 Å². The largest absolute Gasteiger partial charge is 0.439 e. The van der Waals surface area contributed by atoms with Crippen LogP contribution in [0.25, 0.3) is 0 Å². The average molecular weight is 196 g/mol. The number of fused-ring (bicyclic) bond motifs is 1. The Bertz CT molecular complexity index is 382. The molecule has 1 atom stereocenters. The fourth-order valence-corrected chi connectivity index (χ4v) is 1.32. The molecule has 2 heterocycles. The number of rotatable bonds is 1. The molecule has 3 N–H and O–H groups in total. The SMILES string of the molecule is COC1(C)Nc2nc(N)nc(C)c2O1. The summed E-state index contributed by atoms with van der Waals surface area (Å²) in [5.41, 5.74) is 6.20. The summed E-state index contributed by atoms with van der Waals surface area (Å²) in [7, 11) is 1.55. The Hall–Kier alpha value is -1.56. The second-order valence-electron chi connectivity index (χ2n) is 3.22. The first kappa shape index (κ1) is 9.01. The number of nitrogen functional groups attached to an aromatic ring is 1. The van der Waals surface area contributed by atoms with Crippen LogP contribution >= 0.6 is 0 Å². The summed E-state index contributed by atoms with van der Waals surface area (Å²) in [5.74, 6) is 0.496. The van der Waals surface area contributed by atoms with Gasteiger partial charge in [-0.05, 0) is 6.92 Å². The van der Waals surface area contributed by atoms with E-state index in [1.165, 1.54) is 0 Å². The molecule has 1 aromatic rings. The molecule has 6 heteroatoms. The second-order valence-corrected chi connectivity index (χ2v) is 3.22. The van der Waals surface area contributed by atoms with Crippen molar-refractivity contribution in [3.63, 3.8) is 0 Å². The first-order chi connectivity index (χ1) is 6.54. The summed E-state index contributed by atoms with van der Waals surface area (Å²) in [5, 5.41) is 2.97. The van der Waals surface area contributed by atoms with E-state index in [0.717, 1.165) is 0 Å². The van der Waals surface area contributed by atoms with E-state index >= 15 is 0 Å². The zero-order valence-corrected chi connectivity index (χ0v) is 8.29. The van der Waals surface area contributed by atoms with E-state index in [9.17, 15) is 0 Å².